The van der Waals surface area contributed by atoms with Gasteiger partial charge in [0.05, 0.1) is 24.2 Å². The number of esters is 1. The van der Waals surface area contributed by atoms with E-state index in [1.165, 1.54) is 17.1 Å². The Balaban J connectivity index is 2.61. The molecule has 1 N–H and O–H groups in total. The molecule has 1 aromatic heterocycles. The van der Waals surface area contributed by atoms with Crippen LogP contribution in [0.15, 0.2) is 12.4 Å². The zero-order valence-corrected chi connectivity index (χ0v) is 11.0. The summed E-state index contributed by atoms with van der Waals surface area (Å²) in [4.78, 5) is 22.4. The van der Waals surface area contributed by atoms with Crippen molar-refractivity contribution in [1.82, 2.24) is 9.78 Å². The highest BCUT2D eigenvalue weighted by Crippen LogP contribution is 2.12. The van der Waals surface area contributed by atoms with Crippen molar-refractivity contribution in [1.29, 1.82) is 0 Å². The molecule has 1 atom stereocenters. The van der Waals surface area contributed by atoms with Gasteiger partial charge in [-0.2, -0.15) is 5.10 Å². The molecule has 0 spiro atoms. The molecule has 0 amide bonds. The molecular formula is C12H18N2O4. The second kappa shape index (κ2) is 5.20. The molecule has 18 heavy (non-hydrogen) atoms. The van der Waals surface area contributed by atoms with Crippen LogP contribution in [0.5, 0.6) is 0 Å². The third-order valence-electron chi connectivity index (χ3n) is 2.15. The van der Waals surface area contributed by atoms with Crippen molar-refractivity contribution >= 4 is 11.9 Å². The molecule has 0 unspecified atom stereocenters. The number of nitrogens with zero attached hydrogens (tertiary/aromatic N) is 2. The van der Waals surface area contributed by atoms with Gasteiger partial charge in [-0.25, -0.2) is 4.79 Å². The van der Waals surface area contributed by atoms with E-state index in [4.69, 9.17) is 9.84 Å². The molecule has 0 radical (unpaired) electrons. The number of aromatic nitrogens is 2. The lowest BCUT2D eigenvalue weighted by Crippen LogP contribution is -2.29. The van der Waals surface area contributed by atoms with E-state index in [0.29, 0.717) is 6.54 Å². The fourth-order valence-electron chi connectivity index (χ4n) is 1.33. The average Bonchev–Trinajstić information content (AvgIpc) is 2.63. The third kappa shape index (κ3) is 4.20. The van der Waals surface area contributed by atoms with Crippen molar-refractivity contribution in [2.75, 3.05) is 0 Å². The summed E-state index contributed by atoms with van der Waals surface area (Å²) in [5.41, 5.74) is -0.423. The highest BCUT2D eigenvalue weighted by atomic mass is 16.6. The first kappa shape index (κ1) is 14.2. The number of aromatic carboxylic acids is 1. The standard InChI is InChI=1S/C12H18N2O4/c1-8(11(17)18-12(2,3)4)6-14-7-9(5-13-14)10(15)16/h5,7-8H,6H2,1-4H3,(H,15,16)/t8-/m1/s1. The smallest absolute Gasteiger partial charge is 0.338 e. The van der Waals surface area contributed by atoms with Crippen molar-refractivity contribution in [2.24, 2.45) is 5.92 Å². The average molecular weight is 254 g/mol. The molecule has 0 aromatic carbocycles. The van der Waals surface area contributed by atoms with Crippen LogP contribution >= 0.6 is 0 Å². The van der Waals surface area contributed by atoms with Gasteiger partial charge in [-0.1, -0.05) is 6.92 Å². The van der Waals surface area contributed by atoms with Crippen LogP contribution in [0, 0.1) is 5.92 Å². The van der Waals surface area contributed by atoms with E-state index in [1.807, 2.05) is 0 Å². The van der Waals surface area contributed by atoms with Gasteiger partial charge in [0, 0.05) is 6.20 Å². The molecule has 0 aliphatic heterocycles. The van der Waals surface area contributed by atoms with Crippen molar-refractivity contribution in [2.45, 2.75) is 39.8 Å². The number of rotatable bonds is 4. The Kier molecular flexibility index (Phi) is 4.11. The van der Waals surface area contributed by atoms with Gasteiger partial charge in [-0.05, 0) is 20.8 Å². The molecule has 6 heteroatoms. The minimum Gasteiger partial charge on any atom is -0.478 e. The fourth-order valence-corrected chi connectivity index (χ4v) is 1.33. The van der Waals surface area contributed by atoms with Crippen molar-refractivity contribution < 1.29 is 19.4 Å². The van der Waals surface area contributed by atoms with Crippen LogP contribution in [0.2, 0.25) is 0 Å². The summed E-state index contributed by atoms with van der Waals surface area (Å²) in [6.45, 7) is 7.41. The molecule has 0 saturated carbocycles. The SMILES string of the molecule is C[C@H](Cn1cc(C(=O)O)cn1)C(=O)OC(C)(C)C. The highest BCUT2D eigenvalue weighted by Gasteiger charge is 2.22. The van der Waals surface area contributed by atoms with Crippen molar-refractivity contribution in [3.8, 4) is 0 Å². The van der Waals surface area contributed by atoms with Crippen LogP contribution < -0.4 is 0 Å². The van der Waals surface area contributed by atoms with Gasteiger partial charge in [-0.15, -0.1) is 0 Å². The first-order valence-electron chi connectivity index (χ1n) is 5.67. The molecule has 0 bridgehead atoms. The van der Waals surface area contributed by atoms with Gasteiger partial charge in [0.2, 0.25) is 0 Å². The second-order valence-electron chi connectivity index (χ2n) is 5.19. The van der Waals surface area contributed by atoms with Crippen LogP contribution in [0.4, 0.5) is 0 Å². The summed E-state index contributed by atoms with van der Waals surface area (Å²) in [6.07, 6.45) is 2.65. The second-order valence-corrected chi connectivity index (χ2v) is 5.19. The van der Waals surface area contributed by atoms with E-state index in [-0.39, 0.29) is 17.5 Å². The number of carbonyl (C=O) groups excluding carboxylic acids is 1. The largest absolute Gasteiger partial charge is 0.478 e. The minimum atomic E-state index is -1.04. The lowest BCUT2D eigenvalue weighted by molar-refractivity contribution is -0.159. The van der Waals surface area contributed by atoms with E-state index >= 15 is 0 Å². The number of carboxylic acids is 1. The summed E-state index contributed by atoms with van der Waals surface area (Å²) in [5.74, 6) is -1.74. The van der Waals surface area contributed by atoms with Crippen LogP contribution in [-0.2, 0) is 16.1 Å². The maximum Gasteiger partial charge on any atom is 0.338 e. The quantitative estimate of drug-likeness (QED) is 0.824. The van der Waals surface area contributed by atoms with E-state index < -0.39 is 11.6 Å². The molecule has 0 aliphatic carbocycles. The molecule has 0 fully saturated rings. The highest BCUT2D eigenvalue weighted by molar-refractivity contribution is 5.86. The first-order chi connectivity index (χ1) is 8.19. The van der Waals surface area contributed by atoms with E-state index in [1.54, 1.807) is 27.7 Å². The van der Waals surface area contributed by atoms with Crippen LogP contribution in [-0.4, -0.2) is 32.4 Å². The topological polar surface area (TPSA) is 81.4 Å². The zero-order valence-electron chi connectivity index (χ0n) is 11.0. The summed E-state index contributed by atoms with van der Waals surface area (Å²) in [5, 5.41) is 12.6. The van der Waals surface area contributed by atoms with E-state index in [0.717, 1.165) is 0 Å². The molecule has 100 valence electrons. The molecule has 0 saturated heterocycles. The Morgan fingerprint density at radius 1 is 1.50 bits per heavy atom. The van der Waals surface area contributed by atoms with Gasteiger partial charge < -0.3 is 9.84 Å². The fraction of sp³-hybridized carbons (Fsp3) is 0.583. The zero-order chi connectivity index (χ0) is 13.9. The van der Waals surface area contributed by atoms with Gasteiger partial charge in [-0.3, -0.25) is 9.48 Å². The lowest BCUT2D eigenvalue weighted by atomic mass is 10.1. The Morgan fingerprint density at radius 3 is 2.56 bits per heavy atom. The number of hydrogen-bond acceptors (Lipinski definition) is 4. The molecular weight excluding hydrogens is 236 g/mol. The van der Waals surface area contributed by atoms with Crippen LogP contribution in [0.1, 0.15) is 38.1 Å². The Labute approximate surface area is 106 Å². The summed E-state index contributed by atoms with van der Waals surface area (Å²) in [7, 11) is 0. The number of carbonyl (C=O) groups is 2. The van der Waals surface area contributed by atoms with E-state index in [9.17, 15) is 9.59 Å². The summed E-state index contributed by atoms with van der Waals surface area (Å²) >= 11 is 0. The predicted molar refractivity (Wildman–Crippen MR) is 64.2 cm³/mol. The van der Waals surface area contributed by atoms with Gasteiger partial charge in [0.15, 0.2) is 0 Å². The maximum absolute atomic E-state index is 11.7. The first-order valence-corrected chi connectivity index (χ1v) is 5.67. The molecule has 1 rings (SSSR count). The Bertz CT molecular complexity index is 445. The number of hydrogen-bond donors (Lipinski definition) is 1. The summed E-state index contributed by atoms with van der Waals surface area (Å²) < 4.78 is 6.66. The van der Waals surface area contributed by atoms with Gasteiger partial charge in [0.1, 0.15) is 5.60 Å². The number of carboxylic acid groups (broad SMARTS) is 1. The lowest BCUT2D eigenvalue weighted by Gasteiger charge is -2.22. The van der Waals surface area contributed by atoms with Gasteiger partial charge in [0.25, 0.3) is 0 Å². The van der Waals surface area contributed by atoms with Gasteiger partial charge >= 0.3 is 11.9 Å². The van der Waals surface area contributed by atoms with Crippen LogP contribution in [0.25, 0.3) is 0 Å². The minimum absolute atomic E-state index is 0.103. The van der Waals surface area contributed by atoms with Crippen molar-refractivity contribution in [3.63, 3.8) is 0 Å². The Morgan fingerprint density at radius 2 is 2.11 bits per heavy atom. The molecule has 0 aliphatic rings. The predicted octanol–water partition coefficient (Wildman–Crippen LogP) is 1.56. The van der Waals surface area contributed by atoms with Crippen LogP contribution in [0.3, 0.4) is 0 Å². The summed E-state index contributed by atoms with van der Waals surface area (Å²) in [6, 6.07) is 0. The monoisotopic (exact) mass is 254 g/mol. The van der Waals surface area contributed by atoms with E-state index in [2.05, 4.69) is 5.10 Å². The van der Waals surface area contributed by atoms with Crippen molar-refractivity contribution in [3.05, 3.63) is 18.0 Å². The maximum atomic E-state index is 11.7. The Hall–Kier alpha value is -1.85. The molecule has 6 nitrogen and oxygen atoms in total. The molecule has 1 aromatic rings. The normalized spacial score (nSPS) is 13.1. The molecule has 1 heterocycles. The third-order valence-corrected chi connectivity index (χ3v) is 2.15. The number of ether oxygens (including phenoxy) is 1.